The zero-order valence-electron chi connectivity index (χ0n) is 8.49. The number of nitrogens with zero attached hydrogens (tertiary/aromatic N) is 4. The largest absolute Gasteiger partial charge is 0.478 e. The summed E-state index contributed by atoms with van der Waals surface area (Å²) >= 11 is 0. The number of aromatic carboxylic acids is 1. The standard InChI is InChI=1S/C8H6N4O5/c1-17-6(15)4-2-3(5(13)14)9-7-10-8(16)11-12(4)7/h2H,1H3,(H,11,16)(H,13,14). The second-order valence-electron chi connectivity index (χ2n) is 2.95. The number of carbonyl (C=O) groups is 2. The summed E-state index contributed by atoms with van der Waals surface area (Å²) in [6.07, 6.45) is 0. The quantitative estimate of drug-likeness (QED) is 0.658. The Morgan fingerprint density at radius 1 is 1.41 bits per heavy atom. The van der Waals surface area contributed by atoms with Crippen molar-refractivity contribution in [2.45, 2.75) is 0 Å². The maximum absolute atomic E-state index is 11.4. The van der Waals surface area contributed by atoms with Crippen LogP contribution in [0, 0.1) is 0 Å². The molecule has 0 radical (unpaired) electrons. The minimum absolute atomic E-state index is 0.192. The van der Waals surface area contributed by atoms with Crippen molar-refractivity contribution < 1.29 is 24.5 Å². The number of aromatic nitrogens is 4. The average molecular weight is 238 g/mol. The van der Waals surface area contributed by atoms with Gasteiger partial charge in [0.2, 0.25) is 0 Å². The van der Waals surface area contributed by atoms with E-state index in [1.807, 2.05) is 0 Å². The third-order valence-electron chi connectivity index (χ3n) is 1.91. The summed E-state index contributed by atoms with van der Waals surface area (Å²) in [6.45, 7) is 0. The Kier molecular flexibility index (Phi) is 2.35. The average Bonchev–Trinajstić information content (AvgIpc) is 2.66. The van der Waals surface area contributed by atoms with Gasteiger partial charge in [-0.15, -0.1) is 5.10 Å². The van der Waals surface area contributed by atoms with Crippen LogP contribution in [0.5, 0.6) is 6.01 Å². The van der Waals surface area contributed by atoms with Crippen LogP contribution in [0.1, 0.15) is 21.0 Å². The number of ether oxygens (including phenoxy) is 1. The van der Waals surface area contributed by atoms with E-state index in [1.54, 1.807) is 0 Å². The van der Waals surface area contributed by atoms with E-state index in [9.17, 15) is 9.59 Å². The monoisotopic (exact) mass is 238 g/mol. The SMILES string of the molecule is COC(=O)c1cc(C(=O)O)nc2nc(O)nn12. The Hall–Kier alpha value is -2.71. The minimum atomic E-state index is -1.33. The zero-order chi connectivity index (χ0) is 12.6. The summed E-state index contributed by atoms with van der Waals surface area (Å²) in [7, 11) is 1.13. The van der Waals surface area contributed by atoms with Gasteiger partial charge in [-0.25, -0.2) is 14.6 Å². The molecule has 0 saturated carbocycles. The van der Waals surface area contributed by atoms with Crippen LogP contribution < -0.4 is 0 Å². The van der Waals surface area contributed by atoms with Gasteiger partial charge in [-0.1, -0.05) is 0 Å². The number of methoxy groups -OCH3 is 1. The molecule has 88 valence electrons. The van der Waals surface area contributed by atoms with E-state index >= 15 is 0 Å². The van der Waals surface area contributed by atoms with Gasteiger partial charge in [-0.3, -0.25) is 0 Å². The highest BCUT2D eigenvalue weighted by atomic mass is 16.5. The molecule has 0 aliphatic carbocycles. The number of aromatic hydroxyl groups is 1. The van der Waals surface area contributed by atoms with Gasteiger partial charge in [0.25, 0.3) is 5.78 Å². The number of carbonyl (C=O) groups excluding carboxylic acids is 1. The van der Waals surface area contributed by atoms with Gasteiger partial charge in [0, 0.05) is 6.07 Å². The van der Waals surface area contributed by atoms with Crippen molar-refractivity contribution in [3.8, 4) is 6.01 Å². The summed E-state index contributed by atoms with van der Waals surface area (Å²) in [5, 5.41) is 21.4. The Morgan fingerprint density at radius 2 is 2.12 bits per heavy atom. The Balaban J connectivity index is 2.77. The molecule has 0 spiro atoms. The molecular weight excluding hydrogens is 232 g/mol. The van der Waals surface area contributed by atoms with Crippen molar-refractivity contribution in [2.75, 3.05) is 7.11 Å². The smallest absolute Gasteiger partial charge is 0.356 e. The van der Waals surface area contributed by atoms with Gasteiger partial charge >= 0.3 is 17.9 Å². The van der Waals surface area contributed by atoms with Gasteiger partial charge in [0.15, 0.2) is 11.4 Å². The highest BCUT2D eigenvalue weighted by Gasteiger charge is 2.19. The zero-order valence-corrected chi connectivity index (χ0v) is 8.49. The van der Waals surface area contributed by atoms with Gasteiger partial charge in [-0.2, -0.15) is 9.50 Å². The lowest BCUT2D eigenvalue weighted by atomic mass is 10.3. The Morgan fingerprint density at radius 3 is 2.71 bits per heavy atom. The molecule has 0 aliphatic heterocycles. The Labute approximate surface area is 93.3 Å². The number of esters is 1. The van der Waals surface area contributed by atoms with E-state index in [0.29, 0.717) is 0 Å². The predicted octanol–water partition coefficient (Wildman–Crippen LogP) is -0.685. The van der Waals surface area contributed by atoms with Crippen LogP contribution in [0.25, 0.3) is 5.78 Å². The summed E-state index contributed by atoms with van der Waals surface area (Å²) in [5.74, 6) is -2.35. The Bertz CT molecular complexity index is 620. The number of hydrogen-bond donors (Lipinski definition) is 2. The third-order valence-corrected chi connectivity index (χ3v) is 1.91. The van der Waals surface area contributed by atoms with Gasteiger partial charge in [0.1, 0.15) is 0 Å². The van der Waals surface area contributed by atoms with E-state index in [1.165, 1.54) is 0 Å². The fourth-order valence-electron chi connectivity index (χ4n) is 1.22. The van der Waals surface area contributed by atoms with E-state index < -0.39 is 23.6 Å². The number of rotatable bonds is 2. The minimum Gasteiger partial charge on any atom is -0.478 e. The summed E-state index contributed by atoms with van der Waals surface area (Å²) < 4.78 is 5.35. The van der Waals surface area contributed by atoms with Crippen LogP contribution in [0.4, 0.5) is 0 Å². The fourth-order valence-corrected chi connectivity index (χ4v) is 1.22. The predicted molar refractivity (Wildman–Crippen MR) is 50.7 cm³/mol. The van der Waals surface area contributed by atoms with Crippen LogP contribution in [0.15, 0.2) is 6.07 Å². The van der Waals surface area contributed by atoms with E-state index in [0.717, 1.165) is 17.7 Å². The van der Waals surface area contributed by atoms with E-state index in [2.05, 4.69) is 19.8 Å². The van der Waals surface area contributed by atoms with Gasteiger partial charge in [0.05, 0.1) is 7.11 Å². The number of hydrogen-bond acceptors (Lipinski definition) is 7. The molecule has 9 heteroatoms. The first-order valence-corrected chi connectivity index (χ1v) is 4.31. The molecule has 0 saturated heterocycles. The number of carboxylic acids is 1. The van der Waals surface area contributed by atoms with Crippen molar-refractivity contribution in [1.82, 2.24) is 19.6 Å². The van der Waals surface area contributed by atoms with E-state index in [-0.39, 0.29) is 11.5 Å². The molecule has 0 unspecified atom stereocenters. The maximum Gasteiger partial charge on any atom is 0.356 e. The van der Waals surface area contributed by atoms with Crippen LogP contribution >= 0.6 is 0 Å². The molecule has 2 heterocycles. The number of fused-ring (bicyclic) bond motifs is 1. The third kappa shape index (κ3) is 1.73. The second-order valence-corrected chi connectivity index (χ2v) is 2.95. The van der Waals surface area contributed by atoms with Crippen molar-refractivity contribution in [3.63, 3.8) is 0 Å². The topological polar surface area (TPSA) is 127 Å². The molecule has 0 bridgehead atoms. The van der Waals surface area contributed by atoms with Crippen molar-refractivity contribution >= 4 is 17.7 Å². The first kappa shape index (κ1) is 10.8. The lowest BCUT2D eigenvalue weighted by Gasteiger charge is -2.02. The summed E-state index contributed by atoms with van der Waals surface area (Å²) in [4.78, 5) is 29.2. The van der Waals surface area contributed by atoms with Crippen molar-refractivity contribution in [3.05, 3.63) is 17.5 Å². The molecule has 0 aromatic carbocycles. The fraction of sp³-hybridized carbons (Fsp3) is 0.125. The molecule has 0 amide bonds. The molecule has 2 N–H and O–H groups in total. The molecule has 2 rings (SSSR count). The molecule has 2 aromatic rings. The highest BCUT2D eigenvalue weighted by molar-refractivity contribution is 5.92. The summed E-state index contributed by atoms with van der Waals surface area (Å²) in [6, 6.07) is 0.361. The first-order chi connectivity index (χ1) is 8.02. The number of carboxylic acid groups (broad SMARTS) is 1. The molecule has 2 aromatic heterocycles. The molecule has 0 fully saturated rings. The molecule has 9 nitrogen and oxygen atoms in total. The molecular formula is C8H6N4O5. The molecule has 17 heavy (non-hydrogen) atoms. The van der Waals surface area contributed by atoms with Gasteiger partial charge in [-0.05, 0) is 0 Å². The van der Waals surface area contributed by atoms with Crippen LogP contribution in [-0.4, -0.2) is 48.8 Å². The highest BCUT2D eigenvalue weighted by Crippen LogP contribution is 2.10. The normalized spacial score (nSPS) is 10.4. The summed E-state index contributed by atoms with van der Waals surface area (Å²) in [5.41, 5.74) is -0.590. The first-order valence-electron chi connectivity index (χ1n) is 4.31. The van der Waals surface area contributed by atoms with Crippen molar-refractivity contribution in [2.24, 2.45) is 0 Å². The molecule has 0 aliphatic rings. The lowest BCUT2D eigenvalue weighted by molar-refractivity contribution is 0.0590. The second kappa shape index (κ2) is 3.70. The van der Waals surface area contributed by atoms with Crippen molar-refractivity contribution in [1.29, 1.82) is 0 Å². The maximum atomic E-state index is 11.4. The van der Waals surface area contributed by atoms with Crippen LogP contribution in [0.2, 0.25) is 0 Å². The lowest BCUT2D eigenvalue weighted by Crippen LogP contribution is -2.13. The molecule has 0 atom stereocenters. The van der Waals surface area contributed by atoms with E-state index in [4.69, 9.17) is 10.2 Å². The van der Waals surface area contributed by atoms with Gasteiger partial charge < -0.3 is 14.9 Å². The van der Waals surface area contributed by atoms with Crippen LogP contribution in [-0.2, 0) is 4.74 Å². The van der Waals surface area contributed by atoms with Crippen LogP contribution in [0.3, 0.4) is 0 Å².